The minimum Gasteiger partial charge on any atom is -0.392 e. The van der Waals surface area contributed by atoms with E-state index < -0.39 is 35.7 Å². The third-order valence-electron chi connectivity index (χ3n) is 7.93. The molecule has 2 bridgehead atoms. The van der Waals surface area contributed by atoms with Crippen molar-refractivity contribution in [1.82, 2.24) is 0 Å². The van der Waals surface area contributed by atoms with E-state index in [-0.39, 0.29) is 28.6 Å². The summed E-state index contributed by atoms with van der Waals surface area (Å²) in [6, 6.07) is 0. The van der Waals surface area contributed by atoms with Crippen molar-refractivity contribution >= 4 is 5.78 Å². The summed E-state index contributed by atoms with van der Waals surface area (Å²) in [6.45, 7) is 7.50. The molecule has 5 nitrogen and oxygen atoms in total. The molecule has 8 atom stereocenters. The molecule has 0 radical (unpaired) electrons. The first-order chi connectivity index (χ1) is 11.5. The van der Waals surface area contributed by atoms with Gasteiger partial charge in [-0.05, 0) is 47.7 Å². The molecule has 0 aliphatic heterocycles. The molecule has 2 saturated carbocycles. The second-order valence-corrected chi connectivity index (χ2v) is 9.27. The molecule has 0 aromatic rings. The highest BCUT2D eigenvalue weighted by atomic mass is 16.4. The van der Waals surface area contributed by atoms with Gasteiger partial charge in [0.15, 0.2) is 5.78 Å². The fourth-order valence-electron chi connectivity index (χ4n) is 6.43. The molecule has 25 heavy (non-hydrogen) atoms. The molecule has 1 spiro atoms. The van der Waals surface area contributed by atoms with Crippen LogP contribution in [0.5, 0.6) is 0 Å². The van der Waals surface area contributed by atoms with Crippen LogP contribution in [-0.2, 0) is 4.79 Å². The number of carbonyl (C=O) groups excluding carboxylic acids is 1. The largest absolute Gasteiger partial charge is 0.392 e. The van der Waals surface area contributed by atoms with Gasteiger partial charge in [0.2, 0.25) is 0 Å². The molecule has 3 unspecified atom stereocenters. The fourth-order valence-corrected chi connectivity index (χ4v) is 6.43. The minimum absolute atomic E-state index is 0.0245. The van der Waals surface area contributed by atoms with E-state index in [0.717, 1.165) is 6.42 Å². The van der Waals surface area contributed by atoms with Crippen LogP contribution in [-0.4, -0.2) is 50.6 Å². The van der Waals surface area contributed by atoms with Gasteiger partial charge in [0.1, 0.15) is 17.8 Å². The lowest BCUT2D eigenvalue weighted by Gasteiger charge is -2.48. The molecule has 4 aliphatic rings. The van der Waals surface area contributed by atoms with Crippen LogP contribution < -0.4 is 0 Å². The molecule has 5 heteroatoms. The summed E-state index contributed by atoms with van der Waals surface area (Å²) < 4.78 is 0. The molecule has 0 amide bonds. The van der Waals surface area contributed by atoms with E-state index in [2.05, 4.69) is 13.8 Å². The molecular formula is C20H28O5. The van der Waals surface area contributed by atoms with Gasteiger partial charge in [0.25, 0.3) is 0 Å². The molecule has 0 heterocycles. The lowest BCUT2D eigenvalue weighted by Crippen LogP contribution is -2.65. The Kier molecular flexibility index (Phi) is 3.36. The molecule has 4 aliphatic carbocycles. The van der Waals surface area contributed by atoms with Crippen LogP contribution in [0.25, 0.3) is 0 Å². The van der Waals surface area contributed by atoms with Crippen LogP contribution >= 0.6 is 0 Å². The first kappa shape index (κ1) is 17.4. The monoisotopic (exact) mass is 348 g/mol. The topological polar surface area (TPSA) is 98.0 Å². The summed E-state index contributed by atoms with van der Waals surface area (Å²) in [6.07, 6.45) is 1.34. The van der Waals surface area contributed by atoms with E-state index in [1.165, 1.54) is 0 Å². The van der Waals surface area contributed by atoms with Gasteiger partial charge in [0, 0.05) is 5.92 Å². The van der Waals surface area contributed by atoms with Gasteiger partial charge in [-0.2, -0.15) is 0 Å². The number of rotatable bonds is 1. The van der Waals surface area contributed by atoms with E-state index >= 15 is 0 Å². The van der Waals surface area contributed by atoms with Crippen LogP contribution in [0, 0.1) is 34.5 Å². The Labute approximate surface area is 148 Å². The Morgan fingerprint density at radius 2 is 1.88 bits per heavy atom. The summed E-state index contributed by atoms with van der Waals surface area (Å²) in [7, 11) is 0. The fraction of sp³-hybridized carbons (Fsp3) is 0.750. The average molecular weight is 348 g/mol. The molecule has 4 rings (SSSR count). The number of ketones is 1. The summed E-state index contributed by atoms with van der Waals surface area (Å²) in [5, 5.41) is 43.0. The van der Waals surface area contributed by atoms with E-state index in [1.807, 2.05) is 6.92 Å². The minimum atomic E-state index is -2.03. The molecule has 2 fully saturated rings. The third-order valence-corrected chi connectivity index (χ3v) is 7.93. The second-order valence-electron chi connectivity index (χ2n) is 9.27. The number of Topliss-reactive ketones (excluding diaryl/α,β-unsaturated/α-hetero) is 1. The average Bonchev–Trinajstić information content (AvgIpc) is 3.05. The highest BCUT2D eigenvalue weighted by Gasteiger charge is 2.75. The van der Waals surface area contributed by atoms with Crippen LogP contribution in [0.15, 0.2) is 23.3 Å². The number of allylic oxidation sites excluding steroid dienone is 1. The summed E-state index contributed by atoms with van der Waals surface area (Å²) in [4.78, 5) is 13.7. The van der Waals surface area contributed by atoms with Crippen LogP contribution in [0.3, 0.4) is 0 Å². The number of fused-ring (bicyclic) bond motifs is 3. The highest BCUT2D eigenvalue weighted by molar-refractivity contribution is 5.95. The van der Waals surface area contributed by atoms with E-state index in [1.54, 1.807) is 19.1 Å². The molecular weight excluding hydrogens is 320 g/mol. The van der Waals surface area contributed by atoms with Gasteiger partial charge in [-0.15, -0.1) is 0 Å². The SMILES string of the molecule is CC1=C[C@]23C(=O)[C@@H](C=C(CO)C(O)[C@]2(O)C1O)[C@H]1[C@H](CC3C)C1(C)C. The standard InChI is InChI=1S/C20H28O5/c1-9-7-19-10(2)5-13-14(18(13,3)4)12(17(19)24)6-11(8-21)16(23)20(19,25)15(9)22/h6-7,10,12-16,21-23,25H,5,8H2,1-4H3/t10?,12-,13-,14-,15?,16?,19-,20+/m0/s1. The number of aliphatic hydroxyl groups is 4. The normalized spacial score (nSPS) is 53.2. The number of hydrogen-bond donors (Lipinski definition) is 4. The van der Waals surface area contributed by atoms with Crippen molar-refractivity contribution in [3.05, 3.63) is 23.3 Å². The molecule has 0 aromatic heterocycles. The van der Waals surface area contributed by atoms with Crippen molar-refractivity contribution in [2.24, 2.45) is 34.5 Å². The van der Waals surface area contributed by atoms with E-state index in [9.17, 15) is 25.2 Å². The summed E-state index contributed by atoms with van der Waals surface area (Å²) in [5.41, 5.74) is -2.58. The summed E-state index contributed by atoms with van der Waals surface area (Å²) in [5.74, 6) is -0.288. The second kappa shape index (κ2) is 4.83. The quantitative estimate of drug-likeness (QED) is 0.526. The van der Waals surface area contributed by atoms with E-state index in [4.69, 9.17) is 0 Å². The van der Waals surface area contributed by atoms with Gasteiger partial charge in [-0.3, -0.25) is 4.79 Å². The Balaban J connectivity index is 1.99. The molecule has 0 aromatic carbocycles. The first-order valence-electron chi connectivity index (χ1n) is 9.18. The lowest BCUT2D eigenvalue weighted by atomic mass is 9.59. The summed E-state index contributed by atoms with van der Waals surface area (Å²) >= 11 is 0. The van der Waals surface area contributed by atoms with Crippen molar-refractivity contribution in [3.8, 4) is 0 Å². The Morgan fingerprint density at radius 1 is 1.24 bits per heavy atom. The number of hydrogen-bond acceptors (Lipinski definition) is 5. The first-order valence-corrected chi connectivity index (χ1v) is 9.18. The maximum Gasteiger partial charge on any atom is 0.153 e. The van der Waals surface area contributed by atoms with Crippen molar-refractivity contribution in [2.45, 2.75) is 51.9 Å². The zero-order valence-corrected chi connectivity index (χ0v) is 15.2. The third kappa shape index (κ3) is 1.71. The van der Waals surface area contributed by atoms with Gasteiger partial charge in [-0.1, -0.05) is 32.9 Å². The smallest absolute Gasteiger partial charge is 0.153 e. The van der Waals surface area contributed by atoms with Crippen LogP contribution in [0.1, 0.15) is 34.1 Å². The van der Waals surface area contributed by atoms with Crippen molar-refractivity contribution in [1.29, 1.82) is 0 Å². The Hall–Kier alpha value is -1.01. The van der Waals surface area contributed by atoms with Gasteiger partial charge in [0.05, 0.1) is 12.0 Å². The van der Waals surface area contributed by atoms with Crippen molar-refractivity contribution in [3.63, 3.8) is 0 Å². The van der Waals surface area contributed by atoms with Crippen molar-refractivity contribution in [2.75, 3.05) is 6.61 Å². The maximum atomic E-state index is 13.7. The Bertz CT molecular complexity index is 707. The van der Waals surface area contributed by atoms with Crippen molar-refractivity contribution < 1.29 is 25.2 Å². The lowest BCUT2D eigenvalue weighted by molar-refractivity contribution is -0.190. The van der Waals surface area contributed by atoms with Gasteiger partial charge >= 0.3 is 0 Å². The Morgan fingerprint density at radius 3 is 2.48 bits per heavy atom. The van der Waals surface area contributed by atoms with E-state index in [0.29, 0.717) is 11.5 Å². The highest BCUT2D eigenvalue weighted by Crippen LogP contribution is 2.71. The van der Waals surface area contributed by atoms with Gasteiger partial charge in [-0.25, -0.2) is 0 Å². The molecule has 138 valence electrons. The predicted molar refractivity (Wildman–Crippen MR) is 91.4 cm³/mol. The van der Waals surface area contributed by atoms with Crippen LogP contribution in [0.4, 0.5) is 0 Å². The molecule has 0 saturated heterocycles. The zero-order chi connectivity index (χ0) is 18.5. The number of aliphatic hydroxyl groups excluding tert-OH is 3. The van der Waals surface area contributed by atoms with Gasteiger partial charge < -0.3 is 20.4 Å². The zero-order valence-electron chi connectivity index (χ0n) is 15.2. The predicted octanol–water partition coefficient (Wildman–Crippen LogP) is 0.815. The van der Waals surface area contributed by atoms with Crippen LogP contribution in [0.2, 0.25) is 0 Å². The molecule has 4 N–H and O–H groups in total. The maximum absolute atomic E-state index is 13.7. The number of carbonyl (C=O) groups is 1.